The topological polar surface area (TPSA) is 47.1 Å². The third-order valence-electron chi connectivity index (χ3n) is 3.78. The average Bonchev–Trinajstić information content (AvgIpc) is 2.78. The third-order valence-corrected chi connectivity index (χ3v) is 3.78. The maximum Gasteiger partial charge on any atom is 0.0670 e. The fraction of sp³-hybridized carbons (Fsp3) is 0.786. The maximum absolute atomic E-state index is 6.37. The summed E-state index contributed by atoms with van der Waals surface area (Å²) >= 11 is 0. The fourth-order valence-corrected chi connectivity index (χ4v) is 3.04. The first kappa shape index (κ1) is 13.6. The number of aromatic nitrogens is 2. The van der Waals surface area contributed by atoms with E-state index < -0.39 is 0 Å². The first-order chi connectivity index (χ1) is 8.77. The zero-order valence-corrected chi connectivity index (χ0v) is 11.7. The van der Waals surface area contributed by atoms with Gasteiger partial charge in [0.15, 0.2) is 0 Å². The molecule has 1 fully saturated rings. The van der Waals surface area contributed by atoms with E-state index in [1.54, 1.807) is 0 Å². The van der Waals surface area contributed by atoms with Gasteiger partial charge in [-0.15, -0.1) is 0 Å². The van der Waals surface area contributed by atoms with Gasteiger partial charge in [0.25, 0.3) is 0 Å². The Morgan fingerprint density at radius 3 is 2.83 bits per heavy atom. The first-order valence-corrected chi connectivity index (χ1v) is 7.29. The van der Waals surface area contributed by atoms with Crippen molar-refractivity contribution in [2.45, 2.75) is 58.2 Å². The number of nitrogens with zero attached hydrogens (tertiary/aromatic N) is 3. The summed E-state index contributed by atoms with van der Waals surface area (Å²) in [5, 5.41) is 4.44. The van der Waals surface area contributed by atoms with Crippen molar-refractivity contribution in [2.75, 3.05) is 13.1 Å². The Morgan fingerprint density at radius 2 is 2.11 bits per heavy atom. The second-order valence-electron chi connectivity index (χ2n) is 5.27. The van der Waals surface area contributed by atoms with Crippen LogP contribution < -0.4 is 5.73 Å². The second kappa shape index (κ2) is 6.34. The van der Waals surface area contributed by atoms with E-state index in [-0.39, 0.29) is 6.04 Å². The zero-order valence-electron chi connectivity index (χ0n) is 11.7. The largest absolute Gasteiger partial charge is 0.326 e. The highest BCUT2D eigenvalue weighted by Crippen LogP contribution is 2.30. The van der Waals surface area contributed by atoms with Crippen LogP contribution in [0.25, 0.3) is 0 Å². The highest BCUT2D eigenvalue weighted by Gasteiger charge is 2.31. The summed E-state index contributed by atoms with van der Waals surface area (Å²) in [6.07, 6.45) is 6.56. The Hall–Kier alpha value is -0.870. The van der Waals surface area contributed by atoms with Gasteiger partial charge < -0.3 is 5.73 Å². The number of likely N-dealkylation sites (tertiary alicyclic amines) is 1. The van der Waals surface area contributed by atoms with E-state index in [0.29, 0.717) is 6.04 Å². The van der Waals surface area contributed by atoms with Gasteiger partial charge in [-0.3, -0.25) is 9.58 Å². The lowest BCUT2D eigenvalue weighted by molar-refractivity contribution is 0.121. The van der Waals surface area contributed by atoms with Gasteiger partial charge in [-0.1, -0.05) is 13.8 Å². The van der Waals surface area contributed by atoms with Crippen LogP contribution in [-0.4, -0.2) is 33.8 Å². The molecule has 0 saturated carbocycles. The molecule has 0 radical (unpaired) electrons. The summed E-state index contributed by atoms with van der Waals surface area (Å²) in [7, 11) is 0. The van der Waals surface area contributed by atoms with Crippen LogP contribution in [0.3, 0.4) is 0 Å². The van der Waals surface area contributed by atoms with E-state index in [4.69, 9.17) is 5.73 Å². The quantitative estimate of drug-likeness (QED) is 0.871. The lowest BCUT2D eigenvalue weighted by atomic mass is 9.94. The van der Waals surface area contributed by atoms with Gasteiger partial charge >= 0.3 is 0 Å². The molecule has 2 rings (SSSR count). The van der Waals surface area contributed by atoms with Crippen molar-refractivity contribution >= 4 is 0 Å². The van der Waals surface area contributed by atoms with Crippen LogP contribution in [0, 0.1) is 0 Å². The van der Waals surface area contributed by atoms with E-state index in [1.165, 1.54) is 25.1 Å². The highest BCUT2D eigenvalue weighted by molar-refractivity contribution is 5.11. The molecule has 4 heteroatoms. The van der Waals surface area contributed by atoms with Gasteiger partial charge in [0, 0.05) is 18.8 Å². The van der Waals surface area contributed by atoms with E-state index in [1.807, 2.05) is 6.20 Å². The summed E-state index contributed by atoms with van der Waals surface area (Å²) in [6.45, 7) is 7.72. The van der Waals surface area contributed by atoms with Crippen molar-refractivity contribution < 1.29 is 0 Å². The Bertz CT molecular complexity index is 358. The fourth-order valence-electron chi connectivity index (χ4n) is 3.04. The Balaban J connectivity index is 2.22. The minimum atomic E-state index is 0.248. The molecule has 0 aliphatic carbocycles. The summed E-state index contributed by atoms with van der Waals surface area (Å²) in [4.78, 5) is 2.54. The molecule has 18 heavy (non-hydrogen) atoms. The average molecular weight is 250 g/mol. The molecule has 0 spiro atoms. The van der Waals surface area contributed by atoms with Crippen LogP contribution in [0.4, 0.5) is 0 Å². The molecule has 0 aromatic carbocycles. The van der Waals surface area contributed by atoms with Gasteiger partial charge in [0.05, 0.1) is 11.7 Å². The molecular weight excluding hydrogens is 224 g/mol. The predicted molar refractivity (Wildman–Crippen MR) is 74.3 cm³/mol. The standard InChI is InChI=1S/C14H26N4/c1-3-9-17-11-5-6-12(15)14(17)13-7-8-16-18(13)10-4-2/h7-8,12,14H,3-6,9-11,15H2,1-2H3. The van der Waals surface area contributed by atoms with Crippen molar-refractivity contribution in [3.63, 3.8) is 0 Å². The SMILES string of the molecule is CCCN1CCCC(N)C1c1ccnn1CCC. The molecule has 1 aromatic rings. The van der Waals surface area contributed by atoms with E-state index in [0.717, 1.165) is 25.9 Å². The molecule has 2 atom stereocenters. The van der Waals surface area contributed by atoms with Crippen molar-refractivity contribution in [1.29, 1.82) is 0 Å². The van der Waals surface area contributed by atoms with Gasteiger partial charge in [0.1, 0.15) is 0 Å². The molecule has 1 aliphatic heterocycles. The Morgan fingerprint density at radius 1 is 1.33 bits per heavy atom. The first-order valence-electron chi connectivity index (χ1n) is 7.29. The van der Waals surface area contributed by atoms with Crippen LogP contribution in [0.15, 0.2) is 12.3 Å². The van der Waals surface area contributed by atoms with Crippen LogP contribution >= 0.6 is 0 Å². The van der Waals surface area contributed by atoms with Crippen molar-refractivity contribution in [3.05, 3.63) is 18.0 Å². The minimum absolute atomic E-state index is 0.248. The van der Waals surface area contributed by atoms with Gasteiger partial charge in [-0.25, -0.2) is 0 Å². The summed E-state index contributed by atoms with van der Waals surface area (Å²) < 4.78 is 2.14. The van der Waals surface area contributed by atoms with Crippen LogP contribution in [0.5, 0.6) is 0 Å². The van der Waals surface area contributed by atoms with E-state index in [2.05, 4.69) is 34.6 Å². The van der Waals surface area contributed by atoms with Gasteiger partial charge in [0.2, 0.25) is 0 Å². The molecule has 102 valence electrons. The smallest absolute Gasteiger partial charge is 0.0670 e. The molecule has 1 aliphatic rings. The zero-order chi connectivity index (χ0) is 13.0. The van der Waals surface area contributed by atoms with Crippen LogP contribution in [-0.2, 0) is 6.54 Å². The monoisotopic (exact) mass is 250 g/mol. The van der Waals surface area contributed by atoms with Crippen LogP contribution in [0.1, 0.15) is 51.3 Å². The van der Waals surface area contributed by atoms with Crippen molar-refractivity contribution in [1.82, 2.24) is 14.7 Å². The molecule has 0 amide bonds. The normalized spacial score (nSPS) is 25.5. The van der Waals surface area contributed by atoms with Gasteiger partial charge in [-0.2, -0.15) is 5.10 Å². The summed E-state index contributed by atoms with van der Waals surface area (Å²) in [5.74, 6) is 0. The molecule has 2 N–H and O–H groups in total. The third kappa shape index (κ3) is 2.75. The number of piperidine rings is 1. The van der Waals surface area contributed by atoms with E-state index in [9.17, 15) is 0 Å². The molecule has 2 unspecified atom stereocenters. The number of nitrogens with two attached hydrogens (primary N) is 1. The van der Waals surface area contributed by atoms with Gasteiger partial charge in [-0.05, 0) is 44.8 Å². The Labute approximate surface area is 110 Å². The second-order valence-corrected chi connectivity index (χ2v) is 5.27. The lowest BCUT2D eigenvalue weighted by Crippen LogP contribution is -2.46. The molecule has 1 aromatic heterocycles. The minimum Gasteiger partial charge on any atom is -0.326 e. The number of rotatable bonds is 5. The summed E-state index contributed by atoms with van der Waals surface area (Å²) in [6, 6.07) is 2.75. The predicted octanol–water partition coefficient (Wildman–Crippen LogP) is 2.17. The number of hydrogen-bond donors (Lipinski definition) is 1. The lowest BCUT2D eigenvalue weighted by Gasteiger charge is -2.39. The molecule has 2 heterocycles. The molecule has 0 bridgehead atoms. The molecule has 4 nitrogen and oxygen atoms in total. The number of hydrogen-bond acceptors (Lipinski definition) is 3. The molecule has 1 saturated heterocycles. The highest BCUT2D eigenvalue weighted by atomic mass is 15.3. The Kier molecular flexibility index (Phi) is 4.78. The number of aryl methyl sites for hydroxylation is 1. The molecular formula is C14H26N4. The van der Waals surface area contributed by atoms with Crippen LogP contribution in [0.2, 0.25) is 0 Å². The van der Waals surface area contributed by atoms with Crippen molar-refractivity contribution in [2.24, 2.45) is 5.73 Å². The maximum atomic E-state index is 6.37. The van der Waals surface area contributed by atoms with Crippen molar-refractivity contribution in [3.8, 4) is 0 Å². The summed E-state index contributed by atoms with van der Waals surface area (Å²) in [5.41, 5.74) is 7.68. The van der Waals surface area contributed by atoms with E-state index >= 15 is 0 Å².